The first-order chi connectivity index (χ1) is 9.81. The zero-order chi connectivity index (χ0) is 14.9. The van der Waals surface area contributed by atoms with Crippen LogP contribution in [0.4, 0.5) is 0 Å². The minimum absolute atomic E-state index is 0.167. The van der Waals surface area contributed by atoms with Gasteiger partial charge in [0.2, 0.25) is 0 Å². The van der Waals surface area contributed by atoms with Gasteiger partial charge in [-0.25, -0.2) is 0 Å². The normalized spacial score (nSPS) is 11.9. The van der Waals surface area contributed by atoms with E-state index in [4.69, 9.17) is 19.3 Å². The molecule has 0 unspecified atom stereocenters. The average molecular weight is 286 g/mol. The predicted molar refractivity (Wildman–Crippen MR) is 80.4 cm³/mol. The van der Waals surface area contributed by atoms with Gasteiger partial charge in [0.05, 0.1) is 25.9 Å². The van der Waals surface area contributed by atoms with Crippen LogP contribution >= 0.6 is 0 Å². The van der Waals surface area contributed by atoms with Crippen LogP contribution in [0.1, 0.15) is 51.9 Å². The van der Waals surface area contributed by atoms with Crippen LogP contribution in [0.5, 0.6) is 0 Å². The Bertz CT molecular complexity index is 245. The van der Waals surface area contributed by atoms with Crippen molar-refractivity contribution in [2.24, 2.45) is 0 Å². The molecular formula is C16H30O4. The molecule has 0 aliphatic rings. The van der Waals surface area contributed by atoms with Gasteiger partial charge in [-0.15, -0.1) is 11.8 Å². The summed E-state index contributed by atoms with van der Waals surface area (Å²) in [6.45, 7) is 3.80. The van der Waals surface area contributed by atoms with Gasteiger partial charge in [-0.3, -0.25) is 0 Å². The summed E-state index contributed by atoms with van der Waals surface area (Å²) in [4.78, 5) is 0. The Morgan fingerprint density at radius 2 is 1.75 bits per heavy atom. The Kier molecular flexibility index (Phi) is 16.0. The van der Waals surface area contributed by atoms with E-state index >= 15 is 0 Å². The van der Waals surface area contributed by atoms with Gasteiger partial charge in [0.15, 0.2) is 0 Å². The van der Waals surface area contributed by atoms with Crippen LogP contribution in [-0.4, -0.2) is 44.9 Å². The number of hydrogen-bond donors (Lipinski definition) is 1. The number of methoxy groups -OCH3 is 1. The van der Waals surface area contributed by atoms with Crippen molar-refractivity contribution in [2.45, 2.75) is 58.0 Å². The van der Waals surface area contributed by atoms with E-state index in [1.54, 1.807) is 7.11 Å². The lowest BCUT2D eigenvalue weighted by molar-refractivity contribution is -0.0944. The number of aliphatic hydroxyl groups excluding tert-OH is 1. The Hall–Kier alpha value is -0.600. The van der Waals surface area contributed by atoms with Gasteiger partial charge in [-0.2, -0.15) is 0 Å². The predicted octanol–water partition coefficient (Wildman–Crippen LogP) is 2.74. The average Bonchev–Trinajstić information content (AvgIpc) is 2.45. The highest BCUT2D eigenvalue weighted by molar-refractivity contribution is 4.98. The fraction of sp³-hybridized carbons (Fsp3) is 0.875. The summed E-state index contributed by atoms with van der Waals surface area (Å²) in [5, 5.41) is 8.57. The second-order valence-electron chi connectivity index (χ2n) is 4.78. The summed E-state index contributed by atoms with van der Waals surface area (Å²) in [7, 11) is 1.66. The lowest BCUT2D eigenvalue weighted by Gasteiger charge is -2.12. The van der Waals surface area contributed by atoms with E-state index in [-0.39, 0.29) is 12.7 Å². The van der Waals surface area contributed by atoms with Crippen LogP contribution in [0.25, 0.3) is 0 Å². The smallest absolute Gasteiger partial charge is 0.147 e. The van der Waals surface area contributed by atoms with E-state index in [1.165, 1.54) is 19.3 Å². The number of hydrogen-bond acceptors (Lipinski definition) is 4. The molecule has 0 aromatic heterocycles. The highest BCUT2D eigenvalue weighted by Crippen LogP contribution is 2.09. The van der Waals surface area contributed by atoms with Crippen molar-refractivity contribution in [3.8, 4) is 11.8 Å². The Morgan fingerprint density at radius 3 is 2.50 bits per heavy atom. The van der Waals surface area contributed by atoms with Crippen molar-refractivity contribution in [3.63, 3.8) is 0 Å². The minimum Gasteiger partial charge on any atom is -0.395 e. The molecule has 0 spiro atoms. The lowest BCUT2D eigenvalue weighted by Crippen LogP contribution is -2.13. The van der Waals surface area contributed by atoms with E-state index in [0.29, 0.717) is 26.4 Å². The van der Waals surface area contributed by atoms with E-state index in [2.05, 4.69) is 18.8 Å². The van der Waals surface area contributed by atoms with Crippen LogP contribution < -0.4 is 0 Å². The van der Waals surface area contributed by atoms with Gasteiger partial charge < -0.3 is 19.3 Å². The number of unbranched alkanes of at least 4 members (excludes halogenated alkanes) is 4. The molecule has 0 amide bonds. The van der Waals surface area contributed by atoms with Gasteiger partial charge in [-0.05, 0) is 19.8 Å². The standard InChI is InChI=1S/C16H30O4/c1-16(20-15-19-14-13-18-2)11-9-7-5-3-4-6-8-10-12-17/h16-17H,3-5,7,9-15H2,1-2H3/t16-/m0/s1. The fourth-order valence-corrected chi connectivity index (χ4v) is 1.68. The van der Waals surface area contributed by atoms with Gasteiger partial charge >= 0.3 is 0 Å². The number of aliphatic hydroxyl groups is 1. The first kappa shape index (κ1) is 19.4. The molecule has 0 rings (SSSR count). The third kappa shape index (κ3) is 15.5. The van der Waals surface area contributed by atoms with Crippen LogP contribution in [0, 0.1) is 11.8 Å². The maximum atomic E-state index is 8.57. The molecule has 0 radical (unpaired) electrons. The van der Waals surface area contributed by atoms with E-state index in [0.717, 1.165) is 19.3 Å². The molecule has 1 atom stereocenters. The summed E-state index contributed by atoms with van der Waals surface area (Å²) < 4.78 is 15.7. The molecule has 0 aliphatic carbocycles. The summed E-state index contributed by atoms with van der Waals surface area (Å²) in [5.74, 6) is 6.01. The molecule has 0 aromatic carbocycles. The van der Waals surface area contributed by atoms with Crippen molar-refractivity contribution in [3.05, 3.63) is 0 Å². The fourth-order valence-electron chi connectivity index (χ4n) is 1.68. The Morgan fingerprint density at radius 1 is 1.00 bits per heavy atom. The zero-order valence-corrected chi connectivity index (χ0v) is 13.0. The largest absolute Gasteiger partial charge is 0.395 e. The maximum Gasteiger partial charge on any atom is 0.147 e. The highest BCUT2D eigenvalue weighted by Gasteiger charge is 2.01. The second-order valence-corrected chi connectivity index (χ2v) is 4.78. The van der Waals surface area contributed by atoms with E-state index < -0.39 is 0 Å². The van der Waals surface area contributed by atoms with Crippen molar-refractivity contribution < 1.29 is 19.3 Å². The quantitative estimate of drug-likeness (QED) is 0.321. The summed E-state index contributed by atoms with van der Waals surface area (Å²) in [6.07, 6.45) is 7.63. The molecule has 0 saturated carbocycles. The SMILES string of the molecule is COCCOCO[C@@H](C)CCCCCCC#CCCO. The number of ether oxygens (including phenoxy) is 3. The topological polar surface area (TPSA) is 47.9 Å². The van der Waals surface area contributed by atoms with E-state index in [9.17, 15) is 0 Å². The van der Waals surface area contributed by atoms with Crippen LogP contribution in [0.15, 0.2) is 0 Å². The molecular weight excluding hydrogens is 256 g/mol. The van der Waals surface area contributed by atoms with Crippen molar-refractivity contribution >= 4 is 0 Å². The monoisotopic (exact) mass is 286 g/mol. The summed E-state index contributed by atoms with van der Waals surface area (Å²) >= 11 is 0. The van der Waals surface area contributed by atoms with Gasteiger partial charge in [0.25, 0.3) is 0 Å². The third-order valence-electron chi connectivity index (χ3n) is 2.89. The molecule has 118 valence electrons. The molecule has 4 heteroatoms. The first-order valence-corrected chi connectivity index (χ1v) is 7.56. The van der Waals surface area contributed by atoms with E-state index in [1.807, 2.05) is 0 Å². The molecule has 0 aromatic rings. The maximum absolute atomic E-state index is 8.57. The van der Waals surface area contributed by atoms with Gasteiger partial charge in [0.1, 0.15) is 6.79 Å². The molecule has 1 N–H and O–H groups in total. The molecule has 0 aliphatic heterocycles. The molecule has 20 heavy (non-hydrogen) atoms. The van der Waals surface area contributed by atoms with Crippen molar-refractivity contribution in [1.82, 2.24) is 0 Å². The highest BCUT2D eigenvalue weighted by atomic mass is 16.7. The van der Waals surface area contributed by atoms with Crippen molar-refractivity contribution in [1.29, 1.82) is 0 Å². The van der Waals surface area contributed by atoms with Crippen LogP contribution in [0.3, 0.4) is 0 Å². The lowest BCUT2D eigenvalue weighted by atomic mass is 10.1. The summed E-state index contributed by atoms with van der Waals surface area (Å²) in [5.41, 5.74) is 0. The third-order valence-corrected chi connectivity index (χ3v) is 2.89. The first-order valence-electron chi connectivity index (χ1n) is 7.56. The second kappa shape index (κ2) is 16.5. The molecule has 0 saturated heterocycles. The molecule has 4 nitrogen and oxygen atoms in total. The van der Waals surface area contributed by atoms with Gasteiger partial charge in [-0.1, -0.05) is 19.3 Å². The van der Waals surface area contributed by atoms with Crippen LogP contribution in [0.2, 0.25) is 0 Å². The summed E-state index contributed by atoms with van der Waals surface area (Å²) in [6, 6.07) is 0. The van der Waals surface area contributed by atoms with Crippen LogP contribution in [-0.2, 0) is 14.2 Å². The molecule has 0 heterocycles. The zero-order valence-electron chi connectivity index (χ0n) is 13.0. The Labute approximate surface area is 123 Å². The number of rotatable bonds is 13. The van der Waals surface area contributed by atoms with Crippen molar-refractivity contribution in [2.75, 3.05) is 33.7 Å². The Balaban J connectivity index is 3.19. The van der Waals surface area contributed by atoms with Gasteiger partial charge in [0, 0.05) is 20.0 Å². The minimum atomic E-state index is 0.167. The molecule has 0 bridgehead atoms. The molecule has 0 fully saturated rings.